The van der Waals surface area contributed by atoms with Crippen LogP contribution in [0.5, 0.6) is 0 Å². The van der Waals surface area contributed by atoms with Crippen LogP contribution in [0.15, 0.2) is 235 Å². The van der Waals surface area contributed by atoms with Gasteiger partial charge < -0.3 is 14.2 Å². The van der Waals surface area contributed by atoms with Gasteiger partial charge in [-0.05, 0) is 100 Å². The molecule has 0 amide bonds. The van der Waals surface area contributed by atoms with Crippen molar-refractivity contribution in [3.05, 3.63) is 253 Å². The molecule has 12 rings (SSSR count). The van der Waals surface area contributed by atoms with Crippen molar-refractivity contribution >= 4 is 45.1 Å². The Labute approximate surface area is 349 Å². The van der Waals surface area contributed by atoms with Crippen molar-refractivity contribution in [3.8, 4) is 33.4 Å². The number of nitrogens with zero attached hydrogens (tertiary/aromatic N) is 2. The number of hydrogen-bond acceptors (Lipinski definition) is 3. The Morgan fingerprint density at radius 1 is 0.333 bits per heavy atom. The van der Waals surface area contributed by atoms with Gasteiger partial charge in [-0.1, -0.05) is 164 Å². The fourth-order valence-electron chi connectivity index (χ4n) is 10.1. The van der Waals surface area contributed by atoms with Crippen molar-refractivity contribution < 1.29 is 4.42 Å². The van der Waals surface area contributed by atoms with E-state index >= 15 is 0 Å². The third kappa shape index (κ3) is 4.96. The van der Waals surface area contributed by atoms with Gasteiger partial charge in [0, 0.05) is 44.8 Å². The van der Waals surface area contributed by atoms with Crippen LogP contribution < -0.4 is 9.80 Å². The molecule has 1 aromatic heterocycles. The van der Waals surface area contributed by atoms with E-state index in [4.69, 9.17) is 4.42 Å². The highest BCUT2D eigenvalue weighted by molar-refractivity contribution is 6.10. The predicted octanol–water partition coefficient (Wildman–Crippen LogP) is 15.4. The van der Waals surface area contributed by atoms with E-state index in [9.17, 15) is 0 Å². The number of rotatable bonds is 7. The number of anilines is 6. The van der Waals surface area contributed by atoms with Crippen LogP contribution >= 0.6 is 0 Å². The summed E-state index contributed by atoms with van der Waals surface area (Å²) in [6, 6.07) is 83.0. The quantitative estimate of drug-likeness (QED) is 0.161. The molecule has 3 nitrogen and oxygen atoms in total. The van der Waals surface area contributed by atoms with Gasteiger partial charge in [0.1, 0.15) is 16.8 Å². The molecule has 9 aromatic carbocycles. The van der Waals surface area contributed by atoms with Gasteiger partial charge in [0.25, 0.3) is 0 Å². The Hall–Kier alpha value is -7.88. The lowest BCUT2D eigenvalue weighted by molar-refractivity contribution is 0.507. The molecule has 0 bridgehead atoms. The minimum atomic E-state index is -0.727. The lowest BCUT2D eigenvalue weighted by atomic mass is 9.73. The van der Waals surface area contributed by atoms with E-state index in [1.165, 1.54) is 44.5 Å². The smallest absolute Gasteiger partial charge is 0.135 e. The van der Waals surface area contributed by atoms with E-state index in [2.05, 4.69) is 240 Å². The highest BCUT2D eigenvalue weighted by Gasteiger charge is 2.56. The van der Waals surface area contributed by atoms with Gasteiger partial charge in [0.05, 0.1) is 11.4 Å². The second kappa shape index (κ2) is 13.6. The van der Waals surface area contributed by atoms with Crippen molar-refractivity contribution in [3.63, 3.8) is 0 Å². The van der Waals surface area contributed by atoms with E-state index < -0.39 is 5.41 Å². The van der Waals surface area contributed by atoms with Crippen molar-refractivity contribution in [2.75, 3.05) is 9.80 Å². The molecule has 1 spiro atoms. The molecule has 1 atom stereocenters. The van der Waals surface area contributed by atoms with E-state index in [0.29, 0.717) is 0 Å². The van der Waals surface area contributed by atoms with Gasteiger partial charge >= 0.3 is 0 Å². The molecule has 0 aliphatic heterocycles. The molecule has 0 fully saturated rings. The second-order valence-corrected chi connectivity index (χ2v) is 15.6. The van der Waals surface area contributed by atoms with Gasteiger partial charge in [-0.3, -0.25) is 0 Å². The van der Waals surface area contributed by atoms with Crippen molar-refractivity contribution in [1.82, 2.24) is 0 Å². The molecule has 2 aliphatic carbocycles. The SMILES string of the molecule is c1ccc(-c2cccc(N(c3ccccc3)c3cccc4c3-c3ccccc3C43c4cccc(N(c5ccccc5)c5ccccc5)c4-c4c3oc3ccccc43)c2)cc1. The molecule has 1 heterocycles. The first-order chi connectivity index (χ1) is 29.8. The van der Waals surface area contributed by atoms with Crippen LogP contribution in [0.3, 0.4) is 0 Å². The van der Waals surface area contributed by atoms with Gasteiger partial charge in [0.15, 0.2) is 0 Å². The number of hydrogen-bond donors (Lipinski definition) is 0. The average molecular weight is 767 g/mol. The molecule has 1 unspecified atom stereocenters. The minimum Gasteiger partial charge on any atom is -0.459 e. The standard InChI is InChI=1S/C57H38N2O/c1-5-20-39(21-6-1)40-22-17-29-44(38-40)59(43-27-11-4-12-28-43)50-35-18-33-48-53(50)45-30-13-15-32-47(45)57(48)49-34-19-36-51(55(49)54-46-31-14-16-37-52(46)60-56(54)57)58(41-23-7-2-8-24-41)42-25-9-3-10-26-42/h1-38H. The average Bonchev–Trinajstić information content (AvgIpc) is 3.95. The number of benzene rings is 9. The van der Waals surface area contributed by atoms with Gasteiger partial charge in [-0.15, -0.1) is 0 Å². The molecule has 282 valence electrons. The molecule has 0 radical (unpaired) electrons. The molecule has 0 saturated carbocycles. The van der Waals surface area contributed by atoms with Gasteiger partial charge in [0.2, 0.25) is 0 Å². The predicted molar refractivity (Wildman–Crippen MR) is 247 cm³/mol. The summed E-state index contributed by atoms with van der Waals surface area (Å²) in [5, 5.41) is 1.12. The zero-order chi connectivity index (χ0) is 39.6. The zero-order valence-electron chi connectivity index (χ0n) is 32.7. The lowest BCUT2D eigenvalue weighted by Crippen LogP contribution is -2.26. The number of fused-ring (bicyclic) bond motifs is 12. The van der Waals surface area contributed by atoms with E-state index in [1.807, 2.05) is 0 Å². The summed E-state index contributed by atoms with van der Waals surface area (Å²) in [6.45, 7) is 0. The normalized spacial score (nSPS) is 14.4. The molecule has 10 aromatic rings. The van der Waals surface area contributed by atoms with Crippen molar-refractivity contribution in [1.29, 1.82) is 0 Å². The first-order valence-electron chi connectivity index (χ1n) is 20.6. The highest BCUT2D eigenvalue weighted by Crippen LogP contribution is 2.68. The summed E-state index contributed by atoms with van der Waals surface area (Å²) < 4.78 is 7.29. The summed E-state index contributed by atoms with van der Waals surface area (Å²) in [6.07, 6.45) is 0. The fraction of sp³-hybridized carbons (Fsp3) is 0.0175. The topological polar surface area (TPSA) is 19.6 Å². The Bertz CT molecular complexity index is 3170. The van der Waals surface area contributed by atoms with Crippen LogP contribution in [-0.4, -0.2) is 0 Å². The summed E-state index contributed by atoms with van der Waals surface area (Å²) in [5.74, 6) is 0.966. The molecular formula is C57H38N2O. The third-order valence-corrected chi connectivity index (χ3v) is 12.4. The van der Waals surface area contributed by atoms with Gasteiger partial charge in [-0.25, -0.2) is 0 Å². The highest BCUT2D eigenvalue weighted by atomic mass is 16.3. The Kier molecular flexibility index (Phi) is 7.76. The van der Waals surface area contributed by atoms with Crippen LogP contribution in [0.1, 0.15) is 22.5 Å². The Morgan fingerprint density at radius 2 is 0.800 bits per heavy atom. The summed E-state index contributed by atoms with van der Waals surface area (Å²) >= 11 is 0. The maximum Gasteiger partial charge on any atom is 0.135 e. The number of furan rings is 1. The zero-order valence-corrected chi connectivity index (χ0v) is 32.7. The largest absolute Gasteiger partial charge is 0.459 e. The Morgan fingerprint density at radius 3 is 1.47 bits per heavy atom. The monoisotopic (exact) mass is 766 g/mol. The summed E-state index contributed by atoms with van der Waals surface area (Å²) in [7, 11) is 0. The lowest BCUT2D eigenvalue weighted by Gasteiger charge is -2.31. The van der Waals surface area contributed by atoms with E-state index in [0.717, 1.165) is 56.4 Å². The van der Waals surface area contributed by atoms with E-state index in [-0.39, 0.29) is 0 Å². The molecule has 60 heavy (non-hydrogen) atoms. The Balaban J connectivity index is 1.17. The van der Waals surface area contributed by atoms with Crippen molar-refractivity contribution in [2.24, 2.45) is 0 Å². The first kappa shape index (κ1) is 34.2. The van der Waals surface area contributed by atoms with Gasteiger partial charge in [-0.2, -0.15) is 0 Å². The molecular weight excluding hydrogens is 729 g/mol. The van der Waals surface area contributed by atoms with Crippen LogP contribution in [0.4, 0.5) is 34.1 Å². The summed E-state index contributed by atoms with van der Waals surface area (Å²) in [5.41, 5.74) is 17.5. The third-order valence-electron chi connectivity index (χ3n) is 12.4. The maximum absolute atomic E-state index is 7.29. The maximum atomic E-state index is 7.29. The molecule has 2 aliphatic rings. The van der Waals surface area contributed by atoms with Crippen LogP contribution in [0.2, 0.25) is 0 Å². The van der Waals surface area contributed by atoms with Crippen LogP contribution in [0.25, 0.3) is 44.3 Å². The molecule has 3 heteroatoms. The number of para-hydroxylation sites is 4. The first-order valence-corrected chi connectivity index (χ1v) is 20.6. The fourth-order valence-corrected chi connectivity index (χ4v) is 10.1. The second-order valence-electron chi connectivity index (χ2n) is 15.6. The van der Waals surface area contributed by atoms with Crippen molar-refractivity contribution in [2.45, 2.75) is 5.41 Å². The molecule has 0 N–H and O–H groups in total. The van der Waals surface area contributed by atoms with Crippen LogP contribution in [-0.2, 0) is 5.41 Å². The minimum absolute atomic E-state index is 0.727. The van der Waals surface area contributed by atoms with Crippen LogP contribution in [0, 0.1) is 0 Å². The molecule has 0 saturated heterocycles. The van der Waals surface area contributed by atoms with E-state index in [1.54, 1.807) is 0 Å². The summed E-state index contributed by atoms with van der Waals surface area (Å²) in [4.78, 5) is 4.83.